The molecule has 0 aliphatic heterocycles. The number of alkyl halides is 1. The molecule has 0 saturated heterocycles. The summed E-state index contributed by atoms with van der Waals surface area (Å²) in [5.41, 5.74) is 1.88. The minimum absolute atomic E-state index is 0.364. The number of aliphatic carboxylic acids is 1. The Morgan fingerprint density at radius 1 is 1.42 bits per heavy atom. The number of hydrogen-bond acceptors (Lipinski definition) is 2. The van der Waals surface area contributed by atoms with Crippen LogP contribution in [0.5, 0.6) is 0 Å². The Bertz CT molecular complexity index is 457. The molecule has 1 N–H and O–H groups in total. The van der Waals surface area contributed by atoms with Gasteiger partial charge in [-0.1, -0.05) is 39.9 Å². The molecule has 19 heavy (non-hydrogen) atoms. The van der Waals surface area contributed by atoms with E-state index in [1.54, 1.807) is 0 Å². The van der Waals surface area contributed by atoms with Crippen LogP contribution in [0.3, 0.4) is 0 Å². The van der Waals surface area contributed by atoms with Gasteiger partial charge < -0.3 is 9.84 Å². The number of carbonyl (C=O) groups is 1. The summed E-state index contributed by atoms with van der Waals surface area (Å²) >= 11 is 3.36. The van der Waals surface area contributed by atoms with Gasteiger partial charge in [-0.3, -0.25) is 0 Å². The number of rotatable bonds is 6. The lowest BCUT2D eigenvalue weighted by molar-refractivity contribution is -0.148. The second-order valence-corrected chi connectivity index (χ2v) is 4.85. The summed E-state index contributed by atoms with van der Waals surface area (Å²) < 4.78 is 4.91. The molecule has 1 aromatic rings. The molecule has 102 valence electrons. The smallest absolute Gasteiger partial charge is 0.333 e. The third-order valence-electron chi connectivity index (χ3n) is 2.60. The minimum Gasteiger partial charge on any atom is -0.479 e. The molecule has 0 fully saturated rings. The first kappa shape index (κ1) is 15.7. The second-order valence-electron chi connectivity index (χ2n) is 4.06. The van der Waals surface area contributed by atoms with Crippen molar-refractivity contribution < 1.29 is 14.6 Å². The van der Waals surface area contributed by atoms with Crippen molar-refractivity contribution in [2.75, 3.05) is 12.4 Å². The normalized spacial score (nSPS) is 11.5. The largest absolute Gasteiger partial charge is 0.479 e. The summed E-state index contributed by atoms with van der Waals surface area (Å²) in [5, 5.41) is 9.87. The maximum absolute atomic E-state index is 10.9. The quantitative estimate of drug-likeness (QED) is 0.497. The monoisotopic (exact) mass is 324 g/mol. The molecule has 0 bridgehead atoms. The van der Waals surface area contributed by atoms with E-state index < -0.39 is 12.1 Å². The maximum Gasteiger partial charge on any atom is 0.333 e. The molecule has 0 aliphatic carbocycles. The van der Waals surface area contributed by atoms with E-state index in [4.69, 9.17) is 9.84 Å². The zero-order valence-electron chi connectivity index (χ0n) is 10.9. The van der Waals surface area contributed by atoms with Crippen molar-refractivity contribution in [2.24, 2.45) is 0 Å². The first-order chi connectivity index (χ1) is 9.17. The summed E-state index contributed by atoms with van der Waals surface area (Å²) in [7, 11) is 1.41. The molecule has 0 aromatic heterocycles. The lowest BCUT2D eigenvalue weighted by Crippen LogP contribution is -2.24. The Labute approximate surface area is 122 Å². The molecular formula is C15H17BrO3. The van der Waals surface area contributed by atoms with Crippen LogP contribution in [0.4, 0.5) is 0 Å². The fourth-order valence-corrected chi connectivity index (χ4v) is 1.81. The molecule has 0 amide bonds. The van der Waals surface area contributed by atoms with Crippen molar-refractivity contribution >= 4 is 21.9 Å². The van der Waals surface area contributed by atoms with Crippen LogP contribution in [-0.2, 0) is 16.0 Å². The number of hydrogen-bond donors (Lipinski definition) is 1. The summed E-state index contributed by atoms with van der Waals surface area (Å²) in [5.74, 6) is 5.23. The standard InChI is InChI=1S/C15H17BrO3/c1-19-14(15(17)18)11-13-8-6-12(7-9-13)5-3-2-4-10-16/h6-9,14H,2,4,10-11H2,1H3,(H,17,18)/t14-/m0/s1. The van der Waals surface area contributed by atoms with E-state index in [1.165, 1.54) is 7.11 Å². The molecule has 1 aromatic carbocycles. The van der Waals surface area contributed by atoms with Gasteiger partial charge in [0.25, 0.3) is 0 Å². The average molecular weight is 325 g/mol. The topological polar surface area (TPSA) is 46.5 Å². The van der Waals surface area contributed by atoms with Crippen LogP contribution in [0.2, 0.25) is 0 Å². The van der Waals surface area contributed by atoms with Crippen molar-refractivity contribution in [1.29, 1.82) is 0 Å². The first-order valence-corrected chi connectivity index (χ1v) is 7.19. The SMILES string of the molecule is CO[C@@H](Cc1ccc(C#CCCCBr)cc1)C(=O)O. The van der Waals surface area contributed by atoms with Crippen LogP contribution in [0, 0.1) is 11.8 Å². The Hall–Kier alpha value is -1.31. The van der Waals surface area contributed by atoms with E-state index >= 15 is 0 Å². The highest BCUT2D eigenvalue weighted by Crippen LogP contribution is 2.08. The Morgan fingerprint density at radius 2 is 2.11 bits per heavy atom. The number of unbranched alkanes of at least 4 members (excludes halogenated alkanes) is 1. The van der Waals surface area contributed by atoms with Gasteiger partial charge in [0, 0.05) is 30.8 Å². The van der Waals surface area contributed by atoms with Crippen LogP contribution in [0.1, 0.15) is 24.0 Å². The average Bonchev–Trinajstić information content (AvgIpc) is 2.42. The maximum atomic E-state index is 10.9. The van der Waals surface area contributed by atoms with Crippen molar-refractivity contribution in [2.45, 2.75) is 25.4 Å². The Morgan fingerprint density at radius 3 is 2.63 bits per heavy atom. The first-order valence-electron chi connectivity index (χ1n) is 6.06. The summed E-state index contributed by atoms with van der Waals surface area (Å²) in [6, 6.07) is 7.60. The highest BCUT2D eigenvalue weighted by atomic mass is 79.9. The fourth-order valence-electron chi connectivity index (χ4n) is 1.53. The van der Waals surface area contributed by atoms with Gasteiger partial charge in [0.1, 0.15) is 0 Å². The molecule has 0 saturated carbocycles. The molecular weight excluding hydrogens is 308 g/mol. The van der Waals surface area contributed by atoms with Crippen LogP contribution in [0.25, 0.3) is 0 Å². The van der Waals surface area contributed by atoms with E-state index in [0.29, 0.717) is 6.42 Å². The Kier molecular flexibility index (Phi) is 7.24. The van der Waals surface area contributed by atoms with Crippen molar-refractivity contribution in [1.82, 2.24) is 0 Å². The van der Waals surface area contributed by atoms with E-state index in [9.17, 15) is 4.79 Å². The number of benzene rings is 1. The number of carboxylic acid groups (broad SMARTS) is 1. The summed E-state index contributed by atoms with van der Waals surface area (Å²) in [6.07, 6.45) is 1.48. The van der Waals surface area contributed by atoms with Gasteiger partial charge in [-0.2, -0.15) is 0 Å². The van der Waals surface area contributed by atoms with Crippen molar-refractivity contribution in [3.63, 3.8) is 0 Å². The van der Waals surface area contributed by atoms with Crippen molar-refractivity contribution in [3.8, 4) is 11.8 Å². The zero-order valence-corrected chi connectivity index (χ0v) is 12.4. The lowest BCUT2D eigenvalue weighted by atomic mass is 10.1. The molecule has 0 aliphatic rings. The van der Waals surface area contributed by atoms with Gasteiger partial charge in [0.15, 0.2) is 6.10 Å². The summed E-state index contributed by atoms with van der Waals surface area (Å²) in [4.78, 5) is 10.9. The number of halogens is 1. The van der Waals surface area contributed by atoms with Gasteiger partial charge in [-0.25, -0.2) is 4.79 Å². The highest BCUT2D eigenvalue weighted by molar-refractivity contribution is 9.09. The van der Waals surface area contributed by atoms with E-state index in [0.717, 1.165) is 29.3 Å². The molecule has 4 heteroatoms. The van der Waals surface area contributed by atoms with Gasteiger partial charge >= 0.3 is 5.97 Å². The number of methoxy groups -OCH3 is 1. The van der Waals surface area contributed by atoms with Crippen LogP contribution in [-0.4, -0.2) is 29.6 Å². The highest BCUT2D eigenvalue weighted by Gasteiger charge is 2.16. The van der Waals surface area contributed by atoms with Crippen molar-refractivity contribution in [3.05, 3.63) is 35.4 Å². The summed E-state index contributed by atoms with van der Waals surface area (Å²) in [6.45, 7) is 0. The Balaban J connectivity index is 2.60. The van der Waals surface area contributed by atoms with Gasteiger partial charge in [0.2, 0.25) is 0 Å². The molecule has 0 heterocycles. The third-order valence-corrected chi connectivity index (χ3v) is 3.16. The zero-order chi connectivity index (χ0) is 14.1. The number of carboxylic acids is 1. The van der Waals surface area contributed by atoms with Crippen LogP contribution in [0.15, 0.2) is 24.3 Å². The van der Waals surface area contributed by atoms with E-state index in [2.05, 4.69) is 27.8 Å². The predicted molar refractivity (Wildman–Crippen MR) is 78.5 cm³/mol. The van der Waals surface area contributed by atoms with Crippen LogP contribution >= 0.6 is 15.9 Å². The minimum atomic E-state index is -0.943. The van der Waals surface area contributed by atoms with Gasteiger partial charge in [-0.15, -0.1) is 0 Å². The molecule has 3 nitrogen and oxygen atoms in total. The van der Waals surface area contributed by atoms with E-state index in [1.807, 2.05) is 24.3 Å². The third kappa shape index (κ3) is 5.91. The molecule has 1 atom stereocenters. The fraction of sp³-hybridized carbons (Fsp3) is 0.400. The molecule has 0 radical (unpaired) electrons. The second kappa shape index (κ2) is 8.73. The lowest BCUT2D eigenvalue weighted by Gasteiger charge is -2.09. The van der Waals surface area contributed by atoms with Gasteiger partial charge in [0.05, 0.1) is 0 Å². The predicted octanol–water partition coefficient (Wildman–Crippen LogP) is 2.86. The van der Waals surface area contributed by atoms with Gasteiger partial charge in [-0.05, 0) is 24.1 Å². The molecule has 0 spiro atoms. The van der Waals surface area contributed by atoms with Crippen LogP contribution < -0.4 is 0 Å². The molecule has 1 rings (SSSR count). The van der Waals surface area contributed by atoms with E-state index in [-0.39, 0.29) is 0 Å². The number of ether oxygens (including phenoxy) is 1. The molecule has 0 unspecified atom stereocenters.